The molecule has 0 fully saturated rings. The molecule has 7 heteroatoms. The van der Waals surface area contributed by atoms with Gasteiger partial charge in [-0.15, -0.1) is 13.2 Å². The number of para-hydroxylation sites is 1. The Balaban J connectivity index is 2.02. The van der Waals surface area contributed by atoms with E-state index in [1.54, 1.807) is 48.7 Å². The van der Waals surface area contributed by atoms with Crippen LogP contribution in [0, 0.1) is 11.3 Å². The van der Waals surface area contributed by atoms with Gasteiger partial charge in [-0.25, -0.2) is 4.68 Å². The predicted molar refractivity (Wildman–Crippen MR) is 80.4 cm³/mol. The highest BCUT2D eigenvalue weighted by Crippen LogP contribution is 2.34. The minimum atomic E-state index is -4.77. The molecule has 0 radical (unpaired) electrons. The van der Waals surface area contributed by atoms with Gasteiger partial charge < -0.3 is 4.74 Å². The molecule has 0 aliphatic heterocycles. The van der Waals surface area contributed by atoms with Crippen molar-refractivity contribution in [1.82, 2.24) is 9.78 Å². The summed E-state index contributed by atoms with van der Waals surface area (Å²) >= 11 is 0. The lowest BCUT2D eigenvalue weighted by atomic mass is 10.0. The minimum Gasteiger partial charge on any atom is -0.405 e. The largest absolute Gasteiger partial charge is 0.573 e. The van der Waals surface area contributed by atoms with E-state index in [1.165, 1.54) is 16.8 Å². The molecule has 0 spiro atoms. The third-order valence-corrected chi connectivity index (χ3v) is 3.24. The number of nitriles is 1. The van der Waals surface area contributed by atoms with Crippen molar-refractivity contribution in [2.45, 2.75) is 6.36 Å². The molecular formula is C17H10F3N3O. The summed E-state index contributed by atoms with van der Waals surface area (Å²) in [6.07, 6.45) is -3.16. The van der Waals surface area contributed by atoms with Crippen molar-refractivity contribution < 1.29 is 17.9 Å². The van der Waals surface area contributed by atoms with E-state index in [2.05, 4.69) is 9.84 Å². The van der Waals surface area contributed by atoms with Gasteiger partial charge in [-0.05, 0) is 29.8 Å². The van der Waals surface area contributed by atoms with Crippen molar-refractivity contribution in [3.8, 4) is 28.6 Å². The van der Waals surface area contributed by atoms with Crippen molar-refractivity contribution in [3.05, 3.63) is 66.5 Å². The number of halogens is 3. The first-order valence-electron chi connectivity index (χ1n) is 6.87. The molecule has 1 aromatic heterocycles. The Labute approximate surface area is 135 Å². The van der Waals surface area contributed by atoms with Crippen LogP contribution in [0.2, 0.25) is 0 Å². The van der Waals surface area contributed by atoms with Crippen molar-refractivity contribution >= 4 is 0 Å². The Morgan fingerprint density at radius 3 is 2.54 bits per heavy atom. The van der Waals surface area contributed by atoms with E-state index < -0.39 is 6.36 Å². The highest BCUT2D eigenvalue weighted by Gasteiger charge is 2.32. The first kappa shape index (κ1) is 15.6. The van der Waals surface area contributed by atoms with Gasteiger partial charge in [-0.3, -0.25) is 0 Å². The fourth-order valence-electron chi connectivity index (χ4n) is 2.26. The van der Waals surface area contributed by atoms with Gasteiger partial charge in [0, 0.05) is 11.8 Å². The van der Waals surface area contributed by atoms with Crippen LogP contribution in [0.3, 0.4) is 0 Å². The van der Waals surface area contributed by atoms with Gasteiger partial charge in [0.15, 0.2) is 5.69 Å². The van der Waals surface area contributed by atoms with E-state index in [9.17, 15) is 13.2 Å². The molecule has 120 valence electrons. The molecule has 3 aromatic rings. The molecule has 0 atom stereocenters. The van der Waals surface area contributed by atoms with Crippen LogP contribution in [0.4, 0.5) is 13.2 Å². The number of ether oxygens (including phenoxy) is 1. The van der Waals surface area contributed by atoms with Crippen LogP contribution in [0.1, 0.15) is 5.69 Å². The summed E-state index contributed by atoms with van der Waals surface area (Å²) in [4.78, 5) is 0. The zero-order valence-electron chi connectivity index (χ0n) is 12.2. The number of nitrogens with zero attached hydrogens (tertiary/aromatic N) is 3. The average Bonchev–Trinajstić information content (AvgIpc) is 3.03. The predicted octanol–water partition coefficient (Wildman–Crippen LogP) is 4.31. The van der Waals surface area contributed by atoms with Crippen LogP contribution in [0.25, 0.3) is 16.8 Å². The number of hydrogen-bond donors (Lipinski definition) is 0. The van der Waals surface area contributed by atoms with Crippen LogP contribution in [-0.2, 0) is 0 Å². The summed E-state index contributed by atoms with van der Waals surface area (Å²) < 4.78 is 43.2. The quantitative estimate of drug-likeness (QED) is 0.719. The second-order valence-corrected chi connectivity index (χ2v) is 4.85. The highest BCUT2D eigenvalue weighted by atomic mass is 19.4. The van der Waals surface area contributed by atoms with Crippen LogP contribution >= 0.6 is 0 Å². The fraction of sp³-hybridized carbons (Fsp3) is 0.0588. The molecule has 0 saturated carbocycles. The minimum absolute atomic E-state index is 0.251. The van der Waals surface area contributed by atoms with E-state index in [0.29, 0.717) is 16.8 Å². The lowest BCUT2D eigenvalue weighted by Gasteiger charge is -2.14. The van der Waals surface area contributed by atoms with Gasteiger partial charge in [-0.1, -0.05) is 30.3 Å². The van der Waals surface area contributed by atoms with Gasteiger partial charge in [0.2, 0.25) is 0 Å². The smallest absolute Gasteiger partial charge is 0.405 e. The standard InChI is InChI=1S/C17H10F3N3O/c18-17(19,20)24-16-7-2-1-6-15(16)12-4-3-5-14(10-12)23-9-8-13(11-21)22-23/h1-10H. The van der Waals surface area contributed by atoms with E-state index >= 15 is 0 Å². The van der Waals surface area contributed by atoms with Gasteiger partial charge in [0.25, 0.3) is 0 Å². The Morgan fingerprint density at radius 1 is 1.04 bits per heavy atom. The van der Waals surface area contributed by atoms with Crippen molar-refractivity contribution in [2.75, 3.05) is 0 Å². The van der Waals surface area contributed by atoms with Crippen LogP contribution in [-0.4, -0.2) is 16.1 Å². The third-order valence-electron chi connectivity index (χ3n) is 3.24. The molecule has 24 heavy (non-hydrogen) atoms. The summed E-state index contributed by atoms with van der Waals surface area (Å²) in [6, 6.07) is 16.2. The lowest BCUT2D eigenvalue weighted by molar-refractivity contribution is -0.274. The molecule has 0 saturated heterocycles. The molecular weight excluding hydrogens is 319 g/mol. The summed E-state index contributed by atoms with van der Waals surface area (Å²) in [5.41, 5.74) is 1.72. The number of rotatable bonds is 3. The van der Waals surface area contributed by atoms with Crippen molar-refractivity contribution in [3.63, 3.8) is 0 Å². The Hall–Kier alpha value is -3.27. The van der Waals surface area contributed by atoms with Crippen molar-refractivity contribution in [1.29, 1.82) is 5.26 Å². The van der Waals surface area contributed by atoms with E-state index in [-0.39, 0.29) is 11.4 Å². The van der Waals surface area contributed by atoms with E-state index in [0.717, 1.165) is 0 Å². The highest BCUT2D eigenvalue weighted by molar-refractivity contribution is 5.72. The van der Waals surface area contributed by atoms with Gasteiger partial charge >= 0.3 is 6.36 Å². The molecule has 1 heterocycles. The number of alkyl halides is 3. The van der Waals surface area contributed by atoms with Crippen LogP contribution in [0.5, 0.6) is 5.75 Å². The van der Waals surface area contributed by atoms with Gasteiger partial charge in [-0.2, -0.15) is 10.4 Å². The summed E-state index contributed by atoms with van der Waals surface area (Å²) in [7, 11) is 0. The molecule has 0 aliphatic rings. The lowest BCUT2D eigenvalue weighted by Crippen LogP contribution is -2.17. The molecule has 0 aliphatic carbocycles. The Bertz CT molecular complexity index is 910. The number of benzene rings is 2. The molecule has 0 unspecified atom stereocenters. The van der Waals surface area contributed by atoms with Crippen LogP contribution in [0.15, 0.2) is 60.8 Å². The third kappa shape index (κ3) is 3.38. The maximum Gasteiger partial charge on any atom is 0.573 e. The maximum atomic E-state index is 12.6. The van der Waals surface area contributed by atoms with E-state index in [1.807, 2.05) is 6.07 Å². The van der Waals surface area contributed by atoms with Gasteiger partial charge in [0.1, 0.15) is 11.8 Å². The number of hydrogen-bond acceptors (Lipinski definition) is 3. The molecule has 4 nitrogen and oxygen atoms in total. The first-order valence-corrected chi connectivity index (χ1v) is 6.87. The second-order valence-electron chi connectivity index (χ2n) is 4.85. The summed E-state index contributed by atoms with van der Waals surface area (Å²) in [5.74, 6) is -0.277. The molecule has 2 aromatic carbocycles. The molecule has 0 amide bonds. The zero-order valence-corrected chi connectivity index (χ0v) is 12.2. The molecule has 0 N–H and O–H groups in total. The fourth-order valence-corrected chi connectivity index (χ4v) is 2.26. The maximum absolute atomic E-state index is 12.6. The topological polar surface area (TPSA) is 50.8 Å². The summed E-state index contributed by atoms with van der Waals surface area (Å²) in [6.45, 7) is 0. The first-order chi connectivity index (χ1) is 11.5. The molecule has 3 rings (SSSR count). The SMILES string of the molecule is N#Cc1ccn(-c2cccc(-c3ccccc3OC(F)(F)F)c2)n1. The van der Waals surface area contributed by atoms with Crippen molar-refractivity contribution in [2.24, 2.45) is 0 Å². The second kappa shape index (κ2) is 6.08. The van der Waals surface area contributed by atoms with Gasteiger partial charge in [0.05, 0.1) is 5.69 Å². The van der Waals surface area contributed by atoms with Crippen LogP contribution < -0.4 is 4.74 Å². The molecule has 0 bridgehead atoms. The Morgan fingerprint density at radius 2 is 1.83 bits per heavy atom. The monoisotopic (exact) mass is 329 g/mol. The average molecular weight is 329 g/mol. The summed E-state index contributed by atoms with van der Waals surface area (Å²) in [5, 5.41) is 12.9. The van der Waals surface area contributed by atoms with E-state index in [4.69, 9.17) is 5.26 Å². The zero-order chi connectivity index (χ0) is 17.2. The normalized spacial score (nSPS) is 11.1. The Kier molecular flexibility index (Phi) is 3.96. The number of aromatic nitrogens is 2.